The fourth-order valence-corrected chi connectivity index (χ4v) is 1.71. The molecule has 0 saturated carbocycles. The predicted molar refractivity (Wildman–Crippen MR) is 52.1 cm³/mol. The van der Waals surface area contributed by atoms with Crippen molar-refractivity contribution in [3.63, 3.8) is 0 Å². The molecule has 1 fully saturated rings. The van der Waals surface area contributed by atoms with E-state index in [9.17, 15) is 4.79 Å². The molecule has 3 heteroatoms. The van der Waals surface area contributed by atoms with Crippen LogP contribution in [-0.4, -0.2) is 36.5 Å². The van der Waals surface area contributed by atoms with Crippen LogP contribution in [0.25, 0.3) is 0 Å². The van der Waals surface area contributed by atoms with Gasteiger partial charge in [0, 0.05) is 6.54 Å². The Balaban J connectivity index is 2.64. The Morgan fingerprint density at radius 2 is 2.54 bits per heavy atom. The van der Waals surface area contributed by atoms with Gasteiger partial charge >= 0.3 is 0 Å². The first kappa shape index (κ1) is 10.1. The number of hydrogen-bond donors (Lipinski definition) is 1. The Morgan fingerprint density at radius 3 is 2.92 bits per heavy atom. The van der Waals surface area contributed by atoms with E-state index in [0.717, 1.165) is 19.4 Å². The van der Waals surface area contributed by atoms with Gasteiger partial charge in [0.2, 0.25) is 5.91 Å². The van der Waals surface area contributed by atoms with Gasteiger partial charge in [-0.1, -0.05) is 12.8 Å². The number of terminal acetylenes is 1. The van der Waals surface area contributed by atoms with Crippen molar-refractivity contribution in [3.05, 3.63) is 0 Å². The summed E-state index contributed by atoms with van der Waals surface area (Å²) in [6.07, 6.45) is 7.05. The topological polar surface area (TPSA) is 32.3 Å². The van der Waals surface area contributed by atoms with Crippen molar-refractivity contribution in [2.24, 2.45) is 0 Å². The molecule has 0 aromatic rings. The highest BCUT2D eigenvalue weighted by atomic mass is 16.2. The van der Waals surface area contributed by atoms with Crippen LogP contribution in [0.3, 0.4) is 0 Å². The molecule has 13 heavy (non-hydrogen) atoms. The molecule has 0 radical (unpaired) electrons. The van der Waals surface area contributed by atoms with Gasteiger partial charge in [-0.05, 0) is 19.9 Å². The van der Waals surface area contributed by atoms with Gasteiger partial charge in [-0.2, -0.15) is 0 Å². The number of carbonyl (C=O) groups is 1. The molecule has 1 aliphatic rings. The second-order valence-electron chi connectivity index (χ2n) is 3.25. The maximum absolute atomic E-state index is 11.7. The maximum Gasteiger partial charge on any atom is 0.240 e. The first-order chi connectivity index (χ1) is 6.24. The normalized spacial score (nSPS) is 24.5. The molecule has 3 nitrogen and oxygen atoms in total. The molecule has 1 heterocycles. The fraction of sp³-hybridized carbons (Fsp3) is 0.700. The lowest BCUT2D eigenvalue weighted by Gasteiger charge is -2.22. The summed E-state index contributed by atoms with van der Waals surface area (Å²) in [5.74, 6) is 2.79. The van der Waals surface area contributed by atoms with E-state index in [4.69, 9.17) is 6.42 Å². The number of hydrogen-bond acceptors (Lipinski definition) is 2. The second kappa shape index (κ2) is 4.29. The zero-order valence-electron chi connectivity index (χ0n) is 8.21. The van der Waals surface area contributed by atoms with Crippen LogP contribution in [0.2, 0.25) is 0 Å². The summed E-state index contributed by atoms with van der Waals surface area (Å²) < 4.78 is 0. The first-order valence-corrected chi connectivity index (χ1v) is 4.68. The number of rotatable bonds is 3. The van der Waals surface area contributed by atoms with Gasteiger partial charge < -0.3 is 10.2 Å². The molecular weight excluding hydrogens is 164 g/mol. The lowest BCUT2D eigenvalue weighted by atomic mass is 10.2. The fourth-order valence-electron chi connectivity index (χ4n) is 1.71. The van der Waals surface area contributed by atoms with E-state index in [-0.39, 0.29) is 18.0 Å². The average molecular weight is 180 g/mol. The molecule has 0 bridgehead atoms. The molecule has 2 atom stereocenters. The van der Waals surface area contributed by atoms with Gasteiger partial charge in [0.1, 0.15) is 0 Å². The van der Waals surface area contributed by atoms with Gasteiger partial charge in [-0.3, -0.25) is 4.79 Å². The summed E-state index contributed by atoms with van der Waals surface area (Å²) in [5.41, 5.74) is 0. The molecule has 1 rings (SSSR count). The molecule has 0 aromatic carbocycles. The smallest absolute Gasteiger partial charge is 0.240 e. The van der Waals surface area contributed by atoms with E-state index in [2.05, 4.69) is 11.2 Å². The second-order valence-corrected chi connectivity index (χ2v) is 3.25. The van der Waals surface area contributed by atoms with E-state index in [1.165, 1.54) is 0 Å². The molecule has 0 spiro atoms. The lowest BCUT2D eigenvalue weighted by molar-refractivity contribution is -0.130. The van der Waals surface area contributed by atoms with Gasteiger partial charge in [-0.15, -0.1) is 6.42 Å². The molecule has 1 N–H and O–H groups in total. The average Bonchev–Trinajstić information content (AvgIpc) is 2.50. The van der Waals surface area contributed by atoms with E-state index >= 15 is 0 Å². The van der Waals surface area contributed by atoms with Crippen LogP contribution >= 0.6 is 0 Å². The van der Waals surface area contributed by atoms with Crippen molar-refractivity contribution in [2.45, 2.75) is 31.8 Å². The summed E-state index contributed by atoms with van der Waals surface area (Å²) in [6.45, 7) is 2.79. The van der Waals surface area contributed by atoms with E-state index in [1.54, 1.807) is 4.90 Å². The van der Waals surface area contributed by atoms with Crippen LogP contribution < -0.4 is 5.32 Å². The Bertz CT molecular complexity index is 232. The molecule has 0 aliphatic carbocycles. The third-order valence-electron chi connectivity index (χ3n) is 2.54. The van der Waals surface area contributed by atoms with Gasteiger partial charge in [-0.25, -0.2) is 0 Å². The van der Waals surface area contributed by atoms with Crippen LogP contribution in [0.1, 0.15) is 19.8 Å². The highest BCUT2D eigenvalue weighted by Gasteiger charge is 2.33. The molecule has 1 aliphatic heterocycles. The molecule has 1 saturated heterocycles. The standard InChI is InChI=1S/C10H16N2O/c1-4-8(5-2)12-7-6-9(11-3)10(12)13/h1,8-9,11H,5-7H2,2-3H3. The van der Waals surface area contributed by atoms with Crippen molar-refractivity contribution in [3.8, 4) is 12.3 Å². The molecule has 1 amide bonds. The van der Waals surface area contributed by atoms with Crippen molar-refractivity contribution in [1.82, 2.24) is 10.2 Å². The highest BCUT2D eigenvalue weighted by molar-refractivity contribution is 5.84. The summed E-state index contributed by atoms with van der Waals surface area (Å²) in [6, 6.07) is -0.0479. The van der Waals surface area contributed by atoms with Crippen LogP contribution in [0.4, 0.5) is 0 Å². The summed E-state index contributed by atoms with van der Waals surface area (Å²) in [5, 5.41) is 2.99. The number of amides is 1. The van der Waals surface area contributed by atoms with Crippen molar-refractivity contribution < 1.29 is 4.79 Å². The third kappa shape index (κ3) is 1.84. The minimum atomic E-state index is -0.0256. The quantitative estimate of drug-likeness (QED) is 0.630. The van der Waals surface area contributed by atoms with E-state index in [1.807, 2.05) is 14.0 Å². The van der Waals surface area contributed by atoms with Crippen molar-refractivity contribution in [1.29, 1.82) is 0 Å². The van der Waals surface area contributed by atoms with E-state index < -0.39 is 0 Å². The monoisotopic (exact) mass is 180 g/mol. The molecular formula is C10H16N2O. The lowest BCUT2D eigenvalue weighted by Crippen LogP contribution is -2.41. The van der Waals surface area contributed by atoms with Crippen molar-refractivity contribution in [2.75, 3.05) is 13.6 Å². The largest absolute Gasteiger partial charge is 0.327 e. The summed E-state index contributed by atoms with van der Waals surface area (Å²) >= 11 is 0. The molecule has 0 aromatic heterocycles. The zero-order valence-corrected chi connectivity index (χ0v) is 8.21. The zero-order chi connectivity index (χ0) is 9.84. The minimum absolute atomic E-state index is 0.0224. The van der Waals surface area contributed by atoms with Crippen LogP contribution in [0.15, 0.2) is 0 Å². The minimum Gasteiger partial charge on any atom is -0.327 e. The van der Waals surface area contributed by atoms with Gasteiger partial charge in [0.05, 0.1) is 12.1 Å². The van der Waals surface area contributed by atoms with Crippen LogP contribution in [0.5, 0.6) is 0 Å². The Morgan fingerprint density at radius 1 is 1.85 bits per heavy atom. The number of nitrogens with zero attached hydrogens (tertiary/aromatic N) is 1. The molecule has 2 unspecified atom stereocenters. The summed E-state index contributed by atoms with van der Waals surface area (Å²) in [4.78, 5) is 13.5. The third-order valence-corrected chi connectivity index (χ3v) is 2.54. The van der Waals surface area contributed by atoms with Gasteiger partial charge in [0.15, 0.2) is 0 Å². The number of nitrogens with one attached hydrogen (secondary N) is 1. The number of likely N-dealkylation sites (N-methyl/N-ethyl adjacent to an activating group) is 1. The SMILES string of the molecule is C#CC(CC)N1CCC(NC)C1=O. The van der Waals surface area contributed by atoms with Crippen molar-refractivity contribution >= 4 is 5.91 Å². The van der Waals surface area contributed by atoms with Crippen LogP contribution in [-0.2, 0) is 4.79 Å². The van der Waals surface area contributed by atoms with Crippen LogP contribution in [0, 0.1) is 12.3 Å². The Kier molecular flexibility index (Phi) is 3.32. The first-order valence-electron chi connectivity index (χ1n) is 4.68. The maximum atomic E-state index is 11.7. The summed E-state index contributed by atoms with van der Waals surface area (Å²) in [7, 11) is 1.81. The van der Waals surface area contributed by atoms with Gasteiger partial charge in [0.25, 0.3) is 0 Å². The highest BCUT2D eigenvalue weighted by Crippen LogP contribution is 2.15. The number of carbonyl (C=O) groups excluding carboxylic acids is 1. The Hall–Kier alpha value is -1.01. The molecule has 72 valence electrons. The Labute approximate surface area is 79.5 Å². The van der Waals surface area contributed by atoms with E-state index in [0.29, 0.717) is 0 Å². The predicted octanol–water partition coefficient (Wildman–Crippen LogP) is 0.218. The number of likely N-dealkylation sites (tertiary alicyclic amines) is 1.